The summed E-state index contributed by atoms with van der Waals surface area (Å²) in [6, 6.07) is 21.6. The van der Waals surface area contributed by atoms with Crippen molar-refractivity contribution in [3.05, 3.63) is 60.7 Å². The van der Waals surface area contributed by atoms with Gasteiger partial charge in [0.15, 0.2) is 0 Å². The van der Waals surface area contributed by atoms with E-state index in [2.05, 4.69) is 81.4 Å². The first-order valence-electron chi connectivity index (χ1n) is 13.3. The average Bonchev–Trinajstić information content (AvgIpc) is 3.21. The number of carbonyl (C=O) groups excluding carboxylic acids is 1. The predicted octanol–water partition coefficient (Wildman–Crippen LogP) is 5.46. The lowest BCUT2D eigenvalue weighted by Gasteiger charge is -2.44. The van der Waals surface area contributed by atoms with Gasteiger partial charge in [-0.25, -0.2) is 0 Å². The normalized spacial score (nSPS) is 20.7. The van der Waals surface area contributed by atoms with Gasteiger partial charge in [0, 0.05) is 13.0 Å². The molecule has 1 aliphatic carbocycles. The van der Waals surface area contributed by atoms with Gasteiger partial charge in [-0.1, -0.05) is 101 Å². The summed E-state index contributed by atoms with van der Waals surface area (Å²) < 4.78 is 11.9. The molecule has 2 aromatic carbocycles. The monoisotopic (exact) mass is 496 g/mol. The Morgan fingerprint density at radius 1 is 0.914 bits per heavy atom. The van der Waals surface area contributed by atoms with Crippen molar-refractivity contribution in [2.75, 3.05) is 13.7 Å². The molecular formula is C30H44O4Si. The summed E-state index contributed by atoms with van der Waals surface area (Å²) in [6.07, 6.45) is 7.24. The summed E-state index contributed by atoms with van der Waals surface area (Å²) in [5.74, 6) is 0.535. The minimum Gasteiger partial charge on any atom is -0.469 e. The Kier molecular flexibility index (Phi) is 10.1. The van der Waals surface area contributed by atoms with Crippen LogP contribution in [0.3, 0.4) is 0 Å². The van der Waals surface area contributed by atoms with Crippen molar-refractivity contribution in [2.24, 2.45) is 11.8 Å². The van der Waals surface area contributed by atoms with Crippen molar-refractivity contribution in [1.29, 1.82) is 0 Å². The van der Waals surface area contributed by atoms with Crippen LogP contribution in [0.25, 0.3) is 0 Å². The number of methoxy groups -OCH3 is 1. The molecule has 1 aliphatic rings. The van der Waals surface area contributed by atoms with Crippen molar-refractivity contribution in [2.45, 2.75) is 83.3 Å². The SMILES string of the molecule is COC(=O)CCCCCCC1C(O)CCC1CO[Si](c1ccccc1)(c1ccccc1)C(C)(C)C. The highest BCUT2D eigenvalue weighted by Crippen LogP contribution is 2.40. The maximum absolute atomic E-state index is 11.3. The molecule has 2 aromatic rings. The molecule has 0 heterocycles. The number of hydrogen-bond donors (Lipinski definition) is 1. The lowest BCUT2D eigenvalue weighted by molar-refractivity contribution is -0.140. The Labute approximate surface area is 213 Å². The highest BCUT2D eigenvalue weighted by molar-refractivity contribution is 6.99. The molecule has 3 atom stereocenters. The van der Waals surface area contributed by atoms with E-state index < -0.39 is 8.32 Å². The van der Waals surface area contributed by atoms with E-state index in [0.717, 1.165) is 44.9 Å². The Morgan fingerprint density at radius 2 is 1.49 bits per heavy atom. The molecule has 0 aromatic heterocycles. The maximum Gasteiger partial charge on any atom is 0.305 e. The van der Waals surface area contributed by atoms with Gasteiger partial charge in [0.25, 0.3) is 8.32 Å². The fraction of sp³-hybridized carbons (Fsp3) is 0.567. The van der Waals surface area contributed by atoms with Crippen molar-refractivity contribution in [1.82, 2.24) is 0 Å². The summed E-state index contributed by atoms with van der Waals surface area (Å²) in [6.45, 7) is 7.63. The van der Waals surface area contributed by atoms with Gasteiger partial charge in [0.05, 0.1) is 13.2 Å². The van der Waals surface area contributed by atoms with Gasteiger partial charge in [0.2, 0.25) is 0 Å². The van der Waals surface area contributed by atoms with Crippen molar-refractivity contribution in [3.8, 4) is 0 Å². The first kappa shape index (κ1) is 27.6. The highest BCUT2D eigenvalue weighted by Gasteiger charge is 2.51. The first-order chi connectivity index (χ1) is 16.8. The zero-order valence-corrected chi connectivity index (χ0v) is 23.0. The van der Waals surface area contributed by atoms with Crippen LogP contribution in [0.2, 0.25) is 5.04 Å². The number of ether oxygens (including phenoxy) is 1. The van der Waals surface area contributed by atoms with Gasteiger partial charge < -0.3 is 14.3 Å². The quantitative estimate of drug-likeness (QED) is 0.241. The third-order valence-electron chi connectivity index (χ3n) is 7.76. The van der Waals surface area contributed by atoms with Gasteiger partial charge in [-0.05, 0) is 52.9 Å². The van der Waals surface area contributed by atoms with E-state index in [4.69, 9.17) is 9.16 Å². The second-order valence-electron chi connectivity index (χ2n) is 11.1. The smallest absolute Gasteiger partial charge is 0.305 e. The Morgan fingerprint density at radius 3 is 2.03 bits per heavy atom. The van der Waals surface area contributed by atoms with Crippen LogP contribution < -0.4 is 10.4 Å². The van der Waals surface area contributed by atoms with Gasteiger partial charge in [-0.3, -0.25) is 4.79 Å². The summed E-state index contributed by atoms with van der Waals surface area (Å²) in [5.41, 5.74) is 0. The van der Waals surface area contributed by atoms with Crippen LogP contribution in [0.5, 0.6) is 0 Å². The largest absolute Gasteiger partial charge is 0.469 e. The zero-order valence-electron chi connectivity index (χ0n) is 22.0. The van der Waals surface area contributed by atoms with Crippen molar-refractivity contribution < 1.29 is 19.1 Å². The number of aliphatic hydroxyl groups excluding tert-OH is 1. The van der Waals surface area contributed by atoms with Crippen LogP contribution in [-0.2, 0) is 14.0 Å². The van der Waals surface area contributed by atoms with E-state index in [1.54, 1.807) is 0 Å². The molecule has 0 bridgehead atoms. The first-order valence-corrected chi connectivity index (χ1v) is 15.2. The maximum atomic E-state index is 11.3. The lowest BCUT2D eigenvalue weighted by atomic mass is 9.90. The molecule has 4 nitrogen and oxygen atoms in total. The summed E-state index contributed by atoms with van der Waals surface area (Å²) in [5, 5.41) is 13.4. The molecule has 0 radical (unpaired) electrons. The summed E-state index contributed by atoms with van der Waals surface area (Å²) in [4.78, 5) is 11.3. The number of aliphatic hydroxyl groups is 1. The van der Waals surface area contributed by atoms with E-state index in [1.165, 1.54) is 17.5 Å². The molecule has 1 fully saturated rings. The highest BCUT2D eigenvalue weighted by atomic mass is 28.4. The number of carbonyl (C=O) groups is 1. The van der Waals surface area contributed by atoms with E-state index >= 15 is 0 Å². The minimum atomic E-state index is -2.56. The van der Waals surface area contributed by atoms with E-state index in [0.29, 0.717) is 18.9 Å². The fourth-order valence-electron chi connectivity index (χ4n) is 5.86. The topological polar surface area (TPSA) is 55.8 Å². The number of hydrogen-bond acceptors (Lipinski definition) is 4. The summed E-state index contributed by atoms with van der Waals surface area (Å²) in [7, 11) is -1.11. The predicted molar refractivity (Wildman–Crippen MR) is 146 cm³/mol. The van der Waals surface area contributed by atoms with E-state index in [9.17, 15) is 9.90 Å². The zero-order chi connectivity index (χ0) is 25.3. The van der Waals surface area contributed by atoms with Crippen LogP contribution in [0.15, 0.2) is 60.7 Å². The second kappa shape index (κ2) is 12.8. The third-order valence-corrected chi connectivity index (χ3v) is 12.8. The van der Waals surface area contributed by atoms with Crippen LogP contribution >= 0.6 is 0 Å². The molecular weight excluding hydrogens is 452 g/mol. The van der Waals surface area contributed by atoms with Gasteiger partial charge in [-0.15, -0.1) is 0 Å². The molecule has 1 N–H and O–H groups in total. The molecule has 0 amide bonds. The van der Waals surface area contributed by atoms with Gasteiger partial charge in [0.1, 0.15) is 0 Å². The molecule has 35 heavy (non-hydrogen) atoms. The molecule has 0 spiro atoms. The Balaban J connectivity index is 1.71. The Hall–Kier alpha value is -1.95. The molecule has 3 rings (SSSR count). The number of esters is 1. The van der Waals surface area contributed by atoms with E-state index in [-0.39, 0.29) is 23.0 Å². The average molecular weight is 497 g/mol. The third kappa shape index (κ3) is 6.84. The van der Waals surface area contributed by atoms with E-state index in [1.807, 2.05) is 0 Å². The molecule has 5 heteroatoms. The summed E-state index contributed by atoms with van der Waals surface area (Å²) >= 11 is 0. The van der Waals surface area contributed by atoms with Gasteiger partial charge >= 0.3 is 5.97 Å². The van der Waals surface area contributed by atoms with Crippen molar-refractivity contribution in [3.63, 3.8) is 0 Å². The fourth-order valence-corrected chi connectivity index (χ4v) is 10.5. The molecule has 192 valence electrons. The van der Waals surface area contributed by atoms with Crippen LogP contribution in [-0.4, -0.2) is 39.2 Å². The number of rotatable bonds is 12. The van der Waals surface area contributed by atoms with Gasteiger partial charge in [-0.2, -0.15) is 0 Å². The molecule has 3 unspecified atom stereocenters. The van der Waals surface area contributed by atoms with Crippen LogP contribution in [0.1, 0.15) is 72.1 Å². The second-order valence-corrected chi connectivity index (χ2v) is 15.4. The minimum absolute atomic E-state index is 0.0396. The molecule has 0 saturated heterocycles. The number of benzene rings is 2. The van der Waals surface area contributed by atoms with Crippen LogP contribution in [0, 0.1) is 11.8 Å². The molecule has 1 saturated carbocycles. The standard InChI is InChI=1S/C30H44O4Si/c1-30(2,3)35(25-15-9-7-10-16-25,26-17-11-8-12-18-26)34-23-24-21-22-28(31)27(24)19-13-5-6-14-20-29(32)33-4/h7-12,15-18,24,27-28,31H,5-6,13-14,19-23H2,1-4H3. The van der Waals surface area contributed by atoms with Crippen LogP contribution in [0.4, 0.5) is 0 Å². The van der Waals surface area contributed by atoms with Crippen molar-refractivity contribution >= 4 is 24.7 Å². The lowest BCUT2D eigenvalue weighted by Crippen LogP contribution is -2.67. The molecule has 0 aliphatic heterocycles. The Bertz CT molecular complexity index is 854. The number of unbranched alkanes of at least 4 members (excludes halogenated alkanes) is 3.